The van der Waals surface area contributed by atoms with Crippen molar-refractivity contribution in [1.29, 1.82) is 0 Å². The predicted octanol–water partition coefficient (Wildman–Crippen LogP) is 1.85. The highest BCUT2D eigenvalue weighted by atomic mass is 32.2. The van der Waals surface area contributed by atoms with E-state index in [1.807, 2.05) is 32.0 Å². The second-order valence-corrected chi connectivity index (χ2v) is 5.22. The number of primary amides is 1. The van der Waals surface area contributed by atoms with Gasteiger partial charge < -0.3 is 11.1 Å². The van der Waals surface area contributed by atoms with E-state index in [9.17, 15) is 9.59 Å². The van der Waals surface area contributed by atoms with Crippen molar-refractivity contribution in [3.05, 3.63) is 29.3 Å². The Morgan fingerprint density at radius 3 is 2.61 bits per heavy atom. The van der Waals surface area contributed by atoms with Crippen molar-refractivity contribution in [2.24, 2.45) is 5.73 Å². The summed E-state index contributed by atoms with van der Waals surface area (Å²) < 4.78 is 0. The number of amides is 2. The Morgan fingerprint density at radius 1 is 1.28 bits per heavy atom. The Labute approximate surface area is 111 Å². The summed E-state index contributed by atoms with van der Waals surface area (Å²) in [5, 5.41) is 2.82. The van der Waals surface area contributed by atoms with Crippen molar-refractivity contribution in [2.45, 2.75) is 20.3 Å². The predicted molar refractivity (Wildman–Crippen MR) is 75.7 cm³/mol. The molecule has 0 aliphatic rings. The van der Waals surface area contributed by atoms with E-state index in [0.29, 0.717) is 17.9 Å². The largest absolute Gasteiger partial charge is 0.370 e. The van der Waals surface area contributed by atoms with Gasteiger partial charge in [0, 0.05) is 17.9 Å². The lowest BCUT2D eigenvalue weighted by Gasteiger charge is -2.07. The molecule has 0 atom stereocenters. The van der Waals surface area contributed by atoms with Crippen molar-refractivity contribution in [1.82, 2.24) is 0 Å². The summed E-state index contributed by atoms with van der Waals surface area (Å²) in [4.78, 5) is 22.1. The topological polar surface area (TPSA) is 72.2 Å². The molecule has 0 aliphatic heterocycles. The van der Waals surface area contributed by atoms with Crippen LogP contribution in [0.1, 0.15) is 17.5 Å². The van der Waals surface area contributed by atoms with Crippen molar-refractivity contribution in [3.63, 3.8) is 0 Å². The number of carbonyl (C=O) groups is 2. The van der Waals surface area contributed by atoms with Crippen LogP contribution >= 0.6 is 11.8 Å². The standard InChI is InChI=1S/C13H18N2O2S/c1-9-3-4-11(7-10(9)2)15-13(17)8-18-6-5-12(14)16/h3-4,7H,5-6,8H2,1-2H3,(H2,14,16)(H,15,17). The second-order valence-electron chi connectivity index (χ2n) is 4.12. The molecular formula is C13H18N2O2S. The lowest BCUT2D eigenvalue weighted by Crippen LogP contribution is -2.16. The maximum atomic E-state index is 11.6. The molecule has 0 unspecified atom stereocenters. The zero-order chi connectivity index (χ0) is 13.5. The minimum atomic E-state index is -0.336. The van der Waals surface area contributed by atoms with Gasteiger partial charge in [-0.15, -0.1) is 0 Å². The van der Waals surface area contributed by atoms with Crippen LogP contribution in [0.3, 0.4) is 0 Å². The number of thioether (sulfide) groups is 1. The van der Waals surface area contributed by atoms with E-state index in [1.165, 1.54) is 17.3 Å². The fraction of sp³-hybridized carbons (Fsp3) is 0.385. The van der Waals surface area contributed by atoms with Crippen molar-refractivity contribution >= 4 is 29.3 Å². The minimum absolute atomic E-state index is 0.0623. The van der Waals surface area contributed by atoms with Crippen LogP contribution < -0.4 is 11.1 Å². The van der Waals surface area contributed by atoms with Crippen molar-refractivity contribution < 1.29 is 9.59 Å². The molecule has 0 fully saturated rings. The Bertz CT molecular complexity index is 447. The van der Waals surface area contributed by atoms with E-state index in [4.69, 9.17) is 5.73 Å². The number of hydrogen-bond donors (Lipinski definition) is 2. The highest BCUT2D eigenvalue weighted by molar-refractivity contribution is 7.99. The molecule has 98 valence electrons. The fourth-order valence-corrected chi connectivity index (χ4v) is 2.10. The molecule has 1 aromatic carbocycles. The molecule has 0 saturated carbocycles. The number of anilines is 1. The highest BCUT2D eigenvalue weighted by Gasteiger charge is 2.04. The first kappa shape index (κ1) is 14.6. The first-order valence-electron chi connectivity index (χ1n) is 5.72. The Kier molecular flexibility index (Phi) is 5.71. The first-order valence-corrected chi connectivity index (χ1v) is 6.87. The van der Waals surface area contributed by atoms with Gasteiger partial charge in [0.1, 0.15) is 0 Å². The van der Waals surface area contributed by atoms with Gasteiger partial charge in [-0.3, -0.25) is 9.59 Å². The van der Waals surface area contributed by atoms with Gasteiger partial charge in [-0.2, -0.15) is 11.8 Å². The molecular weight excluding hydrogens is 248 g/mol. The Hall–Kier alpha value is -1.49. The van der Waals surface area contributed by atoms with Gasteiger partial charge >= 0.3 is 0 Å². The monoisotopic (exact) mass is 266 g/mol. The van der Waals surface area contributed by atoms with Crippen molar-refractivity contribution in [3.8, 4) is 0 Å². The first-order chi connectivity index (χ1) is 8.49. The number of nitrogens with two attached hydrogens (primary N) is 1. The summed E-state index contributed by atoms with van der Waals surface area (Å²) in [6.07, 6.45) is 0.307. The molecule has 2 amide bonds. The average molecular weight is 266 g/mol. The number of carbonyl (C=O) groups excluding carboxylic acids is 2. The lowest BCUT2D eigenvalue weighted by atomic mass is 10.1. The number of nitrogens with one attached hydrogen (secondary N) is 1. The Balaban J connectivity index is 2.35. The van der Waals surface area contributed by atoms with Crippen LogP contribution in [0.2, 0.25) is 0 Å². The molecule has 0 aromatic heterocycles. The number of benzene rings is 1. The van der Waals surface area contributed by atoms with E-state index < -0.39 is 0 Å². The molecule has 0 bridgehead atoms. The van der Waals surface area contributed by atoms with Gasteiger partial charge in [0.05, 0.1) is 5.75 Å². The molecule has 4 nitrogen and oxygen atoms in total. The molecule has 1 aromatic rings. The van der Waals surface area contributed by atoms with Gasteiger partial charge in [0.2, 0.25) is 11.8 Å². The van der Waals surface area contributed by atoms with Crippen LogP contribution in [0.25, 0.3) is 0 Å². The van der Waals surface area contributed by atoms with Crippen molar-refractivity contribution in [2.75, 3.05) is 16.8 Å². The van der Waals surface area contributed by atoms with Gasteiger partial charge in [0.25, 0.3) is 0 Å². The fourth-order valence-electron chi connectivity index (χ4n) is 1.35. The van der Waals surface area contributed by atoms with Crippen LogP contribution in [0.5, 0.6) is 0 Å². The molecule has 3 N–H and O–H groups in total. The zero-order valence-corrected chi connectivity index (χ0v) is 11.5. The van der Waals surface area contributed by atoms with Crippen LogP contribution in [0.15, 0.2) is 18.2 Å². The summed E-state index contributed by atoms with van der Waals surface area (Å²) in [6, 6.07) is 5.81. The molecule has 18 heavy (non-hydrogen) atoms. The molecule has 0 saturated heterocycles. The maximum absolute atomic E-state index is 11.6. The molecule has 0 aliphatic carbocycles. The van der Waals surface area contributed by atoms with E-state index in [2.05, 4.69) is 5.32 Å². The molecule has 1 rings (SSSR count). The molecule has 0 heterocycles. The second kappa shape index (κ2) is 7.06. The SMILES string of the molecule is Cc1ccc(NC(=O)CSCCC(N)=O)cc1C. The van der Waals surface area contributed by atoms with Gasteiger partial charge in [0.15, 0.2) is 0 Å². The van der Waals surface area contributed by atoms with Gasteiger partial charge in [-0.05, 0) is 37.1 Å². The smallest absolute Gasteiger partial charge is 0.234 e. The minimum Gasteiger partial charge on any atom is -0.370 e. The van der Waals surface area contributed by atoms with E-state index in [1.54, 1.807) is 0 Å². The third-order valence-electron chi connectivity index (χ3n) is 2.52. The summed E-state index contributed by atoms with van der Waals surface area (Å²) in [5.41, 5.74) is 8.16. The van der Waals surface area contributed by atoms with Crippen LogP contribution in [-0.2, 0) is 9.59 Å². The maximum Gasteiger partial charge on any atom is 0.234 e. The third kappa shape index (κ3) is 5.23. The molecule has 0 radical (unpaired) electrons. The molecule has 0 spiro atoms. The van der Waals surface area contributed by atoms with E-state index >= 15 is 0 Å². The quantitative estimate of drug-likeness (QED) is 0.772. The summed E-state index contributed by atoms with van der Waals surface area (Å²) in [5.74, 6) is 0.514. The molecule has 5 heteroatoms. The van der Waals surface area contributed by atoms with E-state index in [-0.39, 0.29) is 11.8 Å². The highest BCUT2D eigenvalue weighted by Crippen LogP contribution is 2.14. The number of hydrogen-bond acceptors (Lipinski definition) is 3. The zero-order valence-electron chi connectivity index (χ0n) is 10.7. The van der Waals surface area contributed by atoms with Crippen LogP contribution in [0, 0.1) is 13.8 Å². The van der Waals surface area contributed by atoms with Crippen LogP contribution in [-0.4, -0.2) is 23.3 Å². The normalized spacial score (nSPS) is 10.1. The summed E-state index contributed by atoms with van der Waals surface area (Å²) in [7, 11) is 0. The summed E-state index contributed by atoms with van der Waals surface area (Å²) in [6.45, 7) is 4.03. The van der Waals surface area contributed by atoms with Gasteiger partial charge in [-0.25, -0.2) is 0 Å². The number of rotatable bonds is 6. The summed E-state index contributed by atoms with van der Waals surface area (Å²) >= 11 is 1.40. The Morgan fingerprint density at radius 2 is 2.00 bits per heavy atom. The number of aryl methyl sites for hydroxylation is 2. The van der Waals surface area contributed by atoms with E-state index in [0.717, 1.165) is 11.3 Å². The third-order valence-corrected chi connectivity index (χ3v) is 3.48. The van der Waals surface area contributed by atoms with Crippen LogP contribution in [0.4, 0.5) is 5.69 Å². The van der Waals surface area contributed by atoms with Gasteiger partial charge in [-0.1, -0.05) is 6.07 Å². The lowest BCUT2D eigenvalue weighted by molar-refractivity contribution is -0.117. The average Bonchev–Trinajstić information content (AvgIpc) is 2.29.